The molecule has 2 amide bonds. The lowest BCUT2D eigenvalue weighted by Crippen LogP contribution is -2.47. The molecule has 1 aliphatic heterocycles. The van der Waals surface area contributed by atoms with Gasteiger partial charge in [0.2, 0.25) is 11.9 Å². The number of amides is 2. The SMILES string of the molecule is COc1ccc(Cc2nc(NC(=O)[C@H](C(C)C)N3Cc4ccccc4C3=O)n[nH]2)cc1. The van der Waals surface area contributed by atoms with Gasteiger partial charge < -0.3 is 9.64 Å². The summed E-state index contributed by atoms with van der Waals surface area (Å²) in [7, 11) is 1.62. The topological polar surface area (TPSA) is 100 Å². The van der Waals surface area contributed by atoms with E-state index in [0.717, 1.165) is 16.9 Å². The molecule has 3 aromatic rings. The summed E-state index contributed by atoms with van der Waals surface area (Å²) in [6, 6.07) is 14.5. The van der Waals surface area contributed by atoms with Crippen LogP contribution in [0.1, 0.15) is 41.2 Å². The number of ether oxygens (including phenoxy) is 1. The molecule has 2 N–H and O–H groups in total. The van der Waals surface area contributed by atoms with Crippen LogP contribution in [0.3, 0.4) is 0 Å². The van der Waals surface area contributed by atoms with Gasteiger partial charge in [-0.15, -0.1) is 5.10 Å². The number of fused-ring (bicyclic) bond motifs is 1. The van der Waals surface area contributed by atoms with E-state index in [4.69, 9.17) is 4.74 Å². The van der Waals surface area contributed by atoms with Crippen LogP contribution in [0.5, 0.6) is 5.75 Å². The molecule has 2 aromatic carbocycles. The van der Waals surface area contributed by atoms with E-state index in [1.807, 2.05) is 56.3 Å². The molecule has 0 unspecified atom stereocenters. The second-order valence-corrected chi connectivity index (χ2v) is 7.90. The van der Waals surface area contributed by atoms with Crippen molar-refractivity contribution in [2.75, 3.05) is 12.4 Å². The van der Waals surface area contributed by atoms with Gasteiger partial charge in [0.15, 0.2) is 0 Å². The number of aromatic nitrogens is 3. The zero-order chi connectivity index (χ0) is 22.0. The number of anilines is 1. The molecule has 0 saturated carbocycles. The van der Waals surface area contributed by atoms with Gasteiger partial charge in [-0.3, -0.25) is 20.0 Å². The first-order valence-electron chi connectivity index (χ1n) is 10.2. The molecule has 8 heteroatoms. The summed E-state index contributed by atoms with van der Waals surface area (Å²) in [4.78, 5) is 31.9. The lowest BCUT2D eigenvalue weighted by molar-refractivity contribution is -0.122. The van der Waals surface area contributed by atoms with Crippen molar-refractivity contribution in [3.05, 3.63) is 71.0 Å². The first kappa shape index (κ1) is 20.6. The van der Waals surface area contributed by atoms with E-state index >= 15 is 0 Å². The normalized spacial score (nSPS) is 13.9. The largest absolute Gasteiger partial charge is 0.497 e. The number of nitrogens with one attached hydrogen (secondary N) is 2. The third-order valence-corrected chi connectivity index (χ3v) is 5.38. The molecule has 31 heavy (non-hydrogen) atoms. The number of carbonyl (C=O) groups is 2. The van der Waals surface area contributed by atoms with E-state index in [0.29, 0.717) is 24.4 Å². The number of H-pyrrole nitrogens is 1. The van der Waals surface area contributed by atoms with E-state index in [1.54, 1.807) is 18.1 Å². The summed E-state index contributed by atoms with van der Waals surface area (Å²) in [6.07, 6.45) is 0.542. The predicted molar refractivity (Wildman–Crippen MR) is 116 cm³/mol. The number of methoxy groups -OCH3 is 1. The van der Waals surface area contributed by atoms with E-state index in [2.05, 4.69) is 20.5 Å². The molecule has 8 nitrogen and oxygen atoms in total. The summed E-state index contributed by atoms with van der Waals surface area (Å²) < 4.78 is 5.17. The Morgan fingerprint density at radius 2 is 1.94 bits per heavy atom. The Hall–Kier alpha value is -3.68. The molecular formula is C23H25N5O3. The van der Waals surface area contributed by atoms with Crippen LogP contribution < -0.4 is 10.1 Å². The van der Waals surface area contributed by atoms with Gasteiger partial charge in [0.05, 0.1) is 7.11 Å². The van der Waals surface area contributed by atoms with Gasteiger partial charge in [0.1, 0.15) is 17.6 Å². The summed E-state index contributed by atoms with van der Waals surface area (Å²) >= 11 is 0. The minimum Gasteiger partial charge on any atom is -0.497 e. The number of carbonyl (C=O) groups excluding carboxylic acids is 2. The molecule has 0 radical (unpaired) electrons. The Kier molecular flexibility index (Phi) is 5.70. The minimum atomic E-state index is -0.622. The highest BCUT2D eigenvalue weighted by Gasteiger charge is 2.38. The third-order valence-electron chi connectivity index (χ3n) is 5.38. The lowest BCUT2D eigenvalue weighted by atomic mass is 10.0. The van der Waals surface area contributed by atoms with Crippen molar-refractivity contribution < 1.29 is 14.3 Å². The molecule has 1 atom stereocenters. The van der Waals surface area contributed by atoms with Crippen molar-refractivity contribution in [1.82, 2.24) is 20.1 Å². The average molecular weight is 419 g/mol. The lowest BCUT2D eigenvalue weighted by Gasteiger charge is -2.29. The van der Waals surface area contributed by atoms with Crippen molar-refractivity contribution in [3.63, 3.8) is 0 Å². The molecular weight excluding hydrogens is 394 g/mol. The third kappa shape index (κ3) is 4.28. The maximum atomic E-state index is 13.1. The summed E-state index contributed by atoms with van der Waals surface area (Å²) in [5, 5.41) is 9.74. The van der Waals surface area contributed by atoms with Crippen molar-refractivity contribution in [2.24, 2.45) is 5.92 Å². The molecule has 0 fully saturated rings. The Balaban J connectivity index is 1.45. The number of rotatable bonds is 7. The van der Waals surface area contributed by atoms with Gasteiger partial charge in [-0.2, -0.15) is 4.98 Å². The van der Waals surface area contributed by atoms with Crippen LogP contribution in [0.25, 0.3) is 0 Å². The van der Waals surface area contributed by atoms with E-state index in [1.165, 1.54) is 0 Å². The van der Waals surface area contributed by atoms with Crippen molar-refractivity contribution in [2.45, 2.75) is 32.9 Å². The second-order valence-electron chi connectivity index (χ2n) is 7.90. The number of benzene rings is 2. The first-order chi connectivity index (χ1) is 15.0. The summed E-state index contributed by atoms with van der Waals surface area (Å²) in [6.45, 7) is 4.27. The van der Waals surface area contributed by atoms with Crippen LogP contribution in [0.15, 0.2) is 48.5 Å². The molecule has 1 aromatic heterocycles. The maximum Gasteiger partial charge on any atom is 0.255 e. The molecule has 160 valence electrons. The second kappa shape index (κ2) is 8.59. The van der Waals surface area contributed by atoms with Gasteiger partial charge in [0.25, 0.3) is 5.91 Å². The zero-order valence-corrected chi connectivity index (χ0v) is 17.8. The molecule has 0 spiro atoms. The number of hydrogen-bond donors (Lipinski definition) is 2. The molecule has 4 rings (SSSR count). The number of aromatic amines is 1. The van der Waals surface area contributed by atoms with Crippen LogP contribution in [-0.2, 0) is 17.8 Å². The molecule has 0 saturated heterocycles. The van der Waals surface area contributed by atoms with Crippen LogP contribution in [0.2, 0.25) is 0 Å². The molecule has 0 aliphatic carbocycles. The number of hydrogen-bond acceptors (Lipinski definition) is 5. The molecule has 1 aliphatic rings. The van der Waals surface area contributed by atoms with Crippen LogP contribution in [0, 0.1) is 5.92 Å². The van der Waals surface area contributed by atoms with Gasteiger partial charge in [-0.1, -0.05) is 44.2 Å². The smallest absolute Gasteiger partial charge is 0.255 e. The monoisotopic (exact) mass is 419 g/mol. The molecule has 0 bridgehead atoms. The van der Waals surface area contributed by atoms with Gasteiger partial charge >= 0.3 is 0 Å². The van der Waals surface area contributed by atoms with Gasteiger partial charge in [-0.25, -0.2) is 0 Å². The first-order valence-corrected chi connectivity index (χ1v) is 10.2. The average Bonchev–Trinajstić information content (AvgIpc) is 3.33. The van der Waals surface area contributed by atoms with E-state index in [9.17, 15) is 9.59 Å². The fourth-order valence-corrected chi connectivity index (χ4v) is 3.86. The standard InChI is InChI=1S/C23H25N5O3/c1-14(2)20(28-13-16-6-4-5-7-18(16)22(28)30)21(29)25-23-24-19(26-27-23)12-15-8-10-17(31-3)11-9-15/h4-11,14,20H,12-13H2,1-3H3,(H2,24,25,26,27,29)/t20-/m0/s1. The summed E-state index contributed by atoms with van der Waals surface area (Å²) in [5.41, 5.74) is 2.63. The Bertz CT molecular complexity index is 1090. The highest BCUT2D eigenvalue weighted by Crippen LogP contribution is 2.27. The molecule has 2 heterocycles. The van der Waals surface area contributed by atoms with Gasteiger partial charge in [-0.05, 0) is 35.2 Å². The van der Waals surface area contributed by atoms with Crippen molar-refractivity contribution >= 4 is 17.8 Å². The highest BCUT2D eigenvalue weighted by atomic mass is 16.5. The fourth-order valence-electron chi connectivity index (χ4n) is 3.86. The quantitative estimate of drug-likeness (QED) is 0.613. The van der Waals surface area contributed by atoms with E-state index < -0.39 is 6.04 Å². The Labute approximate surface area is 180 Å². The van der Waals surface area contributed by atoms with Crippen LogP contribution >= 0.6 is 0 Å². The predicted octanol–water partition coefficient (Wildman–Crippen LogP) is 3.02. The van der Waals surface area contributed by atoms with Gasteiger partial charge in [0, 0.05) is 18.5 Å². The van der Waals surface area contributed by atoms with Crippen LogP contribution in [-0.4, -0.2) is 45.0 Å². The van der Waals surface area contributed by atoms with Crippen molar-refractivity contribution in [1.29, 1.82) is 0 Å². The highest BCUT2D eigenvalue weighted by molar-refractivity contribution is 6.03. The minimum absolute atomic E-state index is 0.0732. The van der Waals surface area contributed by atoms with Crippen molar-refractivity contribution in [3.8, 4) is 5.75 Å². The van der Waals surface area contributed by atoms with E-state index in [-0.39, 0.29) is 23.7 Å². The number of nitrogens with zero attached hydrogens (tertiary/aromatic N) is 3. The zero-order valence-electron chi connectivity index (χ0n) is 17.8. The van der Waals surface area contributed by atoms with Crippen LogP contribution in [0.4, 0.5) is 5.95 Å². The summed E-state index contributed by atoms with van der Waals surface area (Å²) in [5.74, 6) is 1.11. The Morgan fingerprint density at radius 3 is 2.61 bits per heavy atom. The Morgan fingerprint density at radius 1 is 1.19 bits per heavy atom. The maximum absolute atomic E-state index is 13.1. The fraction of sp³-hybridized carbons (Fsp3) is 0.304.